The summed E-state index contributed by atoms with van der Waals surface area (Å²) < 4.78 is 0. The summed E-state index contributed by atoms with van der Waals surface area (Å²) in [6.07, 6.45) is -0.653. The van der Waals surface area contributed by atoms with Gasteiger partial charge in [-0.25, -0.2) is 4.79 Å². The molecule has 0 spiro atoms. The van der Waals surface area contributed by atoms with E-state index in [-0.39, 0.29) is 6.29 Å². The van der Waals surface area contributed by atoms with Crippen LogP contribution in [0.15, 0.2) is 12.7 Å². The SMILES string of the molecule is C=CC(=O)C=O.O=C(O)O. The van der Waals surface area contributed by atoms with Gasteiger partial charge < -0.3 is 10.2 Å². The Bertz CT molecular complexity index is 134. The monoisotopic (exact) mass is 146 g/mol. The van der Waals surface area contributed by atoms with Crippen molar-refractivity contribution in [2.75, 3.05) is 0 Å². The molecular formula is C5H6O5. The first kappa shape index (κ1) is 11.2. The fourth-order valence-corrected chi connectivity index (χ4v) is 0.0481. The molecule has 0 atom stereocenters. The lowest BCUT2D eigenvalue weighted by atomic mass is 10.4. The summed E-state index contributed by atoms with van der Waals surface area (Å²) in [7, 11) is 0. The highest BCUT2D eigenvalue weighted by molar-refractivity contribution is 6.30. The van der Waals surface area contributed by atoms with E-state index in [0.29, 0.717) is 0 Å². The molecule has 0 unspecified atom stereocenters. The van der Waals surface area contributed by atoms with E-state index in [0.717, 1.165) is 6.08 Å². The summed E-state index contributed by atoms with van der Waals surface area (Å²) >= 11 is 0. The Labute approximate surface area is 56.6 Å². The van der Waals surface area contributed by atoms with Crippen molar-refractivity contribution in [2.45, 2.75) is 0 Å². The van der Waals surface area contributed by atoms with Gasteiger partial charge in [-0.2, -0.15) is 0 Å². The zero-order valence-corrected chi connectivity index (χ0v) is 4.98. The van der Waals surface area contributed by atoms with E-state index in [1.165, 1.54) is 0 Å². The van der Waals surface area contributed by atoms with Crippen molar-refractivity contribution in [3.8, 4) is 0 Å². The number of ketones is 1. The predicted molar refractivity (Wildman–Crippen MR) is 31.9 cm³/mol. The molecule has 5 nitrogen and oxygen atoms in total. The number of hydrogen-bond donors (Lipinski definition) is 2. The Hall–Kier alpha value is -1.65. The molecule has 0 aromatic rings. The highest BCUT2D eigenvalue weighted by atomic mass is 16.6. The van der Waals surface area contributed by atoms with E-state index >= 15 is 0 Å². The van der Waals surface area contributed by atoms with Gasteiger partial charge >= 0.3 is 6.16 Å². The molecule has 0 aromatic heterocycles. The number of allylic oxidation sites excluding steroid dienone is 1. The Morgan fingerprint density at radius 1 is 1.30 bits per heavy atom. The van der Waals surface area contributed by atoms with Gasteiger partial charge in [0.1, 0.15) is 0 Å². The molecule has 10 heavy (non-hydrogen) atoms. The average Bonchev–Trinajstić information content (AvgIpc) is 1.85. The lowest BCUT2D eigenvalue weighted by molar-refractivity contribution is -0.126. The van der Waals surface area contributed by atoms with E-state index in [9.17, 15) is 9.59 Å². The molecule has 0 radical (unpaired) electrons. The molecule has 0 aliphatic carbocycles. The van der Waals surface area contributed by atoms with Crippen molar-refractivity contribution in [1.82, 2.24) is 0 Å². The van der Waals surface area contributed by atoms with Crippen molar-refractivity contribution in [2.24, 2.45) is 0 Å². The Morgan fingerprint density at radius 2 is 1.60 bits per heavy atom. The maximum atomic E-state index is 9.69. The molecule has 5 heteroatoms. The van der Waals surface area contributed by atoms with Crippen LogP contribution in [-0.4, -0.2) is 28.4 Å². The van der Waals surface area contributed by atoms with Crippen molar-refractivity contribution in [1.29, 1.82) is 0 Å². The van der Waals surface area contributed by atoms with E-state index < -0.39 is 11.9 Å². The van der Waals surface area contributed by atoms with Crippen molar-refractivity contribution < 1.29 is 24.6 Å². The number of carbonyl (C=O) groups excluding carboxylic acids is 2. The van der Waals surface area contributed by atoms with E-state index in [2.05, 4.69) is 6.58 Å². The summed E-state index contributed by atoms with van der Waals surface area (Å²) in [5.41, 5.74) is 0. The van der Waals surface area contributed by atoms with Gasteiger partial charge in [-0.1, -0.05) is 6.58 Å². The molecule has 0 heterocycles. The summed E-state index contributed by atoms with van der Waals surface area (Å²) in [5, 5.41) is 13.9. The van der Waals surface area contributed by atoms with Crippen LogP contribution in [0.3, 0.4) is 0 Å². The second-order valence-electron chi connectivity index (χ2n) is 1.01. The minimum atomic E-state index is -1.83. The Kier molecular flexibility index (Phi) is 8.22. The number of aldehydes is 1. The number of carbonyl (C=O) groups is 3. The van der Waals surface area contributed by atoms with E-state index in [1.807, 2.05) is 0 Å². The first-order chi connectivity index (χ1) is 4.54. The van der Waals surface area contributed by atoms with Crippen molar-refractivity contribution in [3.63, 3.8) is 0 Å². The molecule has 0 aromatic carbocycles. The maximum Gasteiger partial charge on any atom is 0.503 e. The molecule has 0 amide bonds. The fourth-order valence-electron chi connectivity index (χ4n) is 0.0481. The molecular weight excluding hydrogens is 140 g/mol. The van der Waals surface area contributed by atoms with Gasteiger partial charge in [0.2, 0.25) is 5.78 Å². The van der Waals surface area contributed by atoms with Gasteiger partial charge in [-0.15, -0.1) is 0 Å². The lowest BCUT2D eigenvalue weighted by Gasteiger charge is -1.63. The molecule has 0 aliphatic rings. The Balaban J connectivity index is 0. The van der Waals surface area contributed by atoms with Crippen molar-refractivity contribution in [3.05, 3.63) is 12.7 Å². The minimum absolute atomic E-state index is 0.215. The topological polar surface area (TPSA) is 91.7 Å². The first-order valence-corrected chi connectivity index (χ1v) is 2.08. The van der Waals surface area contributed by atoms with Crippen LogP contribution < -0.4 is 0 Å². The van der Waals surface area contributed by atoms with Gasteiger partial charge in [-0.05, 0) is 6.08 Å². The lowest BCUT2D eigenvalue weighted by Crippen LogP contribution is -1.88. The summed E-state index contributed by atoms with van der Waals surface area (Å²) in [4.78, 5) is 27.6. The van der Waals surface area contributed by atoms with Crippen LogP contribution in [0, 0.1) is 0 Å². The highest BCUT2D eigenvalue weighted by Gasteiger charge is 1.82. The number of carboxylic acid groups (broad SMARTS) is 2. The van der Waals surface area contributed by atoms with Gasteiger partial charge in [0.05, 0.1) is 0 Å². The average molecular weight is 146 g/mol. The van der Waals surface area contributed by atoms with Gasteiger partial charge in [0, 0.05) is 0 Å². The number of hydrogen-bond acceptors (Lipinski definition) is 3. The molecule has 0 saturated carbocycles. The van der Waals surface area contributed by atoms with Crippen LogP contribution in [0.25, 0.3) is 0 Å². The van der Waals surface area contributed by atoms with Gasteiger partial charge in [0.25, 0.3) is 0 Å². The third-order valence-corrected chi connectivity index (χ3v) is 0.317. The molecule has 0 rings (SSSR count). The fraction of sp³-hybridized carbons (Fsp3) is 0. The molecule has 0 bridgehead atoms. The minimum Gasteiger partial charge on any atom is -0.450 e. The van der Waals surface area contributed by atoms with E-state index in [1.54, 1.807) is 0 Å². The molecule has 0 saturated heterocycles. The van der Waals surface area contributed by atoms with Crippen LogP contribution in [-0.2, 0) is 9.59 Å². The van der Waals surface area contributed by atoms with Crippen LogP contribution in [0.5, 0.6) is 0 Å². The van der Waals surface area contributed by atoms with Gasteiger partial charge in [0.15, 0.2) is 6.29 Å². The third kappa shape index (κ3) is 32.9. The van der Waals surface area contributed by atoms with E-state index in [4.69, 9.17) is 15.0 Å². The number of rotatable bonds is 2. The second-order valence-corrected chi connectivity index (χ2v) is 1.01. The quantitative estimate of drug-likeness (QED) is 0.329. The summed E-state index contributed by atoms with van der Waals surface area (Å²) in [6, 6.07) is 0. The third-order valence-electron chi connectivity index (χ3n) is 0.317. The first-order valence-electron chi connectivity index (χ1n) is 2.08. The highest BCUT2D eigenvalue weighted by Crippen LogP contribution is 1.58. The molecule has 0 fully saturated rings. The predicted octanol–water partition coefficient (Wildman–Crippen LogP) is 0.163. The van der Waals surface area contributed by atoms with Crippen LogP contribution in [0.2, 0.25) is 0 Å². The van der Waals surface area contributed by atoms with Gasteiger partial charge in [-0.3, -0.25) is 9.59 Å². The van der Waals surface area contributed by atoms with Crippen molar-refractivity contribution >= 4 is 18.2 Å². The smallest absolute Gasteiger partial charge is 0.450 e. The van der Waals surface area contributed by atoms with Crippen LogP contribution >= 0.6 is 0 Å². The molecule has 2 N–H and O–H groups in total. The largest absolute Gasteiger partial charge is 0.503 e. The summed E-state index contributed by atoms with van der Waals surface area (Å²) in [6.45, 7) is 3.05. The normalized spacial score (nSPS) is 6.40. The zero-order chi connectivity index (χ0) is 8.57. The zero-order valence-electron chi connectivity index (χ0n) is 4.98. The summed E-state index contributed by atoms with van der Waals surface area (Å²) in [5.74, 6) is -0.574. The maximum absolute atomic E-state index is 9.69. The van der Waals surface area contributed by atoms with Crippen LogP contribution in [0.1, 0.15) is 0 Å². The molecule has 0 aliphatic heterocycles. The standard InChI is InChI=1S/C4H4O2.CH2O3/c1-2-4(6)3-5;2-1(3)4/h2-3H,1H2;(H2,2,3,4). The van der Waals surface area contributed by atoms with Crippen LogP contribution in [0.4, 0.5) is 4.79 Å². The second kappa shape index (κ2) is 7.35. The molecule has 56 valence electrons. The Morgan fingerprint density at radius 3 is 1.60 bits per heavy atom.